The van der Waals surface area contributed by atoms with Crippen molar-refractivity contribution in [2.24, 2.45) is 5.73 Å². The molecular weight excluding hydrogens is 482 g/mol. The lowest BCUT2D eigenvalue weighted by Crippen LogP contribution is -2.42. The number of nitrogens with zero attached hydrogens (tertiary/aromatic N) is 2. The van der Waals surface area contributed by atoms with Crippen LogP contribution in [-0.4, -0.2) is 77.8 Å². The topological polar surface area (TPSA) is 183 Å². The predicted octanol–water partition coefficient (Wildman–Crippen LogP) is 0.387. The highest BCUT2D eigenvalue weighted by molar-refractivity contribution is 5.89. The molecule has 0 unspecified atom stereocenters. The maximum absolute atomic E-state index is 12.1. The average molecular weight is 512 g/mol. The largest absolute Gasteiger partial charge is 0.479 e. The molecule has 37 heavy (non-hydrogen) atoms. The molecule has 3 atom stereocenters. The van der Waals surface area contributed by atoms with E-state index in [-0.39, 0.29) is 25.6 Å². The Morgan fingerprint density at radius 1 is 1.11 bits per heavy atom. The summed E-state index contributed by atoms with van der Waals surface area (Å²) >= 11 is 0. The molecule has 0 amide bonds. The smallest absolute Gasteiger partial charge is 0.338 e. The predicted molar refractivity (Wildman–Crippen MR) is 131 cm³/mol. The Kier molecular flexibility index (Phi) is 9.57. The van der Waals surface area contributed by atoms with E-state index in [1.54, 1.807) is 30.3 Å². The second-order valence-corrected chi connectivity index (χ2v) is 8.68. The monoisotopic (exact) mass is 511 g/mol. The van der Waals surface area contributed by atoms with Gasteiger partial charge in [0.1, 0.15) is 12.7 Å². The molecular formula is C26H29N3O8. The Balaban J connectivity index is 1.52. The molecule has 0 aromatic heterocycles. The molecule has 2 aromatic rings. The van der Waals surface area contributed by atoms with Crippen molar-refractivity contribution in [2.75, 3.05) is 31.2 Å². The van der Waals surface area contributed by atoms with Crippen LogP contribution in [0.5, 0.6) is 0 Å². The fraction of sp³-hybridized carbons (Fsp3) is 0.385. The minimum Gasteiger partial charge on any atom is -0.479 e. The van der Waals surface area contributed by atoms with Gasteiger partial charge in [0.15, 0.2) is 12.2 Å². The van der Waals surface area contributed by atoms with Crippen LogP contribution in [0, 0.1) is 11.3 Å². The van der Waals surface area contributed by atoms with Crippen molar-refractivity contribution in [3.63, 3.8) is 0 Å². The van der Waals surface area contributed by atoms with Gasteiger partial charge in [-0.2, -0.15) is 5.26 Å². The van der Waals surface area contributed by atoms with Gasteiger partial charge in [0, 0.05) is 19.1 Å². The zero-order chi connectivity index (χ0) is 26.9. The van der Waals surface area contributed by atoms with Gasteiger partial charge in [-0.15, -0.1) is 0 Å². The third-order valence-corrected chi connectivity index (χ3v) is 5.88. The van der Waals surface area contributed by atoms with Crippen molar-refractivity contribution in [2.45, 2.75) is 37.5 Å². The Morgan fingerprint density at radius 2 is 1.84 bits per heavy atom. The first-order valence-electron chi connectivity index (χ1n) is 11.8. The molecule has 11 heteroatoms. The van der Waals surface area contributed by atoms with Gasteiger partial charge in [0.2, 0.25) is 0 Å². The van der Waals surface area contributed by atoms with Crippen LogP contribution in [0.4, 0.5) is 5.69 Å². The number of carbonyl (C=O) groups is 3. The van der Waals surface area contributed by atoms with Crippen LogP contribution in [0.3, 0.4) is 0 Å². The molecule has 0 bridgehead atoms. The number of aliphatic hydroxyl groups excluding tert-OH is 2. The lowest BCUT2D eigenvalue weighted by Gasteiger charge is -2.21. The summed E-state index contributed by atoms with van der Waals surface area (Å²) in [6.07, 6.45) is -2.92. The maximum atomic E-state index is 12.1. The minimum atomic E-state index is -2.29. The highest BCUT2D eigenvalue weighted by Crippen LogP contribution is 2.33. The van der Waals surface area contributed by atoms with Gasteiger partial charge in [-0.3, -0.25) is 0 Å². The van der Waals surface area contributed by atoms with Crippen LogP contribution < -0.4 is 10.6 Å². The zero-order valence-electron chi connectivity index (χ0n) is 20.1. The fourth-order valence-electron chi connectivity index (χ4n) is 4.10. The summed E-state index contributed by atoms with van der Waals surface area (Å²) < 4.78 is 10.2. The molecule has 5 N–H and O–H groups in total. The van der Waals surface area contributed by atoms with Crippen LogP contribution >= 0.6 is 0 Å². The van der Waals surface area contributed by atoms with Gasteiger partial charge in [0.25, 0.3) is 0 Å². The van der Waals surface area contributed by atoms with E-state index in [1.807, 2.05) is 12.1 Å². The van der Waals surface area contributed by atoms with E-state index in [4.69, 9.17) is 20.3 Å². The van der Waals surface area contributed by atoms with Crippen molar-refractivity contribution >= 4 is 23.6 Å². The SMILES string of the molecule is N#Cc1cc(C[C@H](N)COC(=O)[C@H](O)[C@@H](O)C(=O)O)cc2c1N(CCCOC(=O)c1ccccc1)CC2. The summed E-state index contributed by atoms with van der Waals surface area (Å²) in [6.45, 7) is 1.27. The Morgan fingerprint density at radius 3 is 2.51 bits per heavy atom. The molecule has 0 aliphatic carbocycles. The quantitative estimate of drug-likeness (QED) is 0.228. The van der Waals surface area contributed by atoms with Crippen molar-refractivity contribution in [1.82, 2.24) is 0 Å². The number of nitriles is 1. The third kappa shape index (κ3) is 7.27. The molecule has 1 heterocycles. The summed E-state index contributed by atoms with van der Waals surface area (Å²) in [5.41, 5.74) is 9.60. The zero-order valence-corrected chi connectivity index (χ0v) is 20.1. The number of hydrogen-bond acceptors (Lipinski definition) is 10. The van der Waals surface area contributed by atoms with Crippen molar-refractivity contribution < 1.29 is 39.2 Å². The maximum Gasteiger partial charge on any atom is 0.338 e. The van der Waals surface area contributed by atoms with E-state index in [9.17, 15) is 29.9 Å². The number of rotatable bonds is 12. The first kappa shape index (κ1) is 27.6. The minimum absolute atomic E-state index is 0.255. The lowest BCUT2D eigenvalue weighted by molar-refractivity contribution is -0.170. The summed E-state index contributed by atoms with van der Waals surface area (Å²) in [5.74, 6) is -3.42. The number of fused-ring (bicyclic) bond motifs is 1. The second kappa shape index (κ2) is 12.8. The van der Waals surface area contributed by atoms with E-state index in [0.717, 1.165) is 23.2 Å². The van der Waals surface area contributed by atoms with Gasteiger partial charge in [-0.05, 0) is 48.6 Å². The standard InChI is InChI=1S/C26H29N3O8/c27-14-19-12-16(13-20(28)15-37-26(35)23(31)22(30)24(32)33)11-18-7-9-29(21(18)19)8-4-10-36-25(34)17-5-2-1-3-6-17/h1-3,5-6,11-12,20,22-23,30-31H,4,7-10,13,15,28H2,(H,32,33)/t20-,22+,23+/m0/s1. The van der Waals surface area contributed by atoms with Gasteiger partial charge in [0.05, 0.1) is 23.4 Å². The number of aliphatic carboxylic acids is 1. The van der Waals surface area contributed by atoms with Crippen molar-refractivity contribution in [3.05, 3.63) is 64.7 Å². The number of carboxylic acid groups (broad SMARTS) is 1. The van der Waals surface area contributed by atoms with E-state index in [1.165, 1.54) is 0 Å². The highest BCUT2D eigenvalue weighted by atomic mass is 16.6. The molecule has 0 fully saturated rings. The number of hydrogen-bond donors (Lipinski definition) is 4. The van der Waals surface area contributed by atoms with Crippen LogP contribution in [0.15, 0.2) is 42.5 Å². The molecule has 0 spiro atoms. The first-order chi connectivity index (χ1) is 17.7. The van der Waals surface area contributed by atoms with Gasteiger partial charge >= 0.3 is 17.9 Å². The van der Waals surface area contributed by atoms with E-state index in [0.29, 0.717) is 30.6 Å². The van der Waals surface area contributed by atoms with Gasteiger partial charge < -0.3 is 35.4 Å². The van der Waals surface area contributed by atoms with E-state index < -0.39 is 30.2 Å². The number of aliphatic hydroxyl groups is 2. The normalized spacial score (nSPS) is 14.7. The van der Waals surface area contributed by atoms with Crippen LogP contribution in [0.2, 0.25) is 0 Å². The Hall–Kier alpha value is -3.98. The summed E-state index contributed by atoms with van der Waals surface area (Å²) in [4.78, 5) is 36.6. The van der Waals surface area contributed by atoms with E-state index in [2.05, 4.69) is 11.0 Å². The van der Waals surface area contributed by atoms with Crippen LogP contribution in [0.25, 0.3) is 0 Å². The summed E-state index contributed by atoms with van der Waals surface area (Å²) in [6, 6.07) is 14.0. The Labute approximate surface area is 213 Å². The molecule has 2 aromatic carbocycles. The Bertz CT molecular complexity index is 1160. The molecule has 3 rings (SSSR count). The van der Waals surface area contributed by atoms with Crippen molar-refractivity contribution in [3.8, 4) is 6.07 Å². The van der Waals surface area contributed by atoms with Crippen molar-refractivity contribution in [1.29, 1.82) is 5.26 Å². The molecule has 1 aliphatic rings. The molecule has 0 radical (unpaired) electrons. The summed E-state index contributed by atoms with van der Waals surface area (Å²) in [7, 11) is 0. The van der Waals surface area contributed by atoms with Gasteiger partial charge in [-0.25, -0.2) is 14.4 Å². The number of esters is 2. The van der Waals surface area contributed by atoms with E-state index >= 15 is 0 Å². The average Bonchev–Trinajstić information content (AvgIpc) is 3.31. The first-order valence-corrected chi connectivity index (χ1v) is 11.8. The van der Waals surface area contributed by atoms with Gasteiger partial charge in [-0.1, -0.05) is 24.3 Å². The highest BCUT2D eigenvalue weighted by Gasteiger charge is 2.31. The molecule has 196 valence electrons. The lowest BCUT2D eigenvalue weighted by atomic mass is 9.99. The van der Waals surface area contributed by atoms with Crippen LogP contribution in [-0.2, 0) is 31.9 Å². The number of carbonyl (C=O) groups excluding carboxylic acids is 2. The number of anilines is 1. The number of benzene rings is 2. The molecule has 11 nitrogen and oxygen atoms in total. The number of nitrogens with two attached hydrogens (primary N) is 1. The third-order valence-electron chi connectivity index (χ3n) is 5.88. The number of carboxylic acids is 1. The molecule has 0 saturated heterocycles. The number of ether oxygens (including phenoxy) is 2. The second-order valence-electron chi connectivity index (χ2n) is 8.68. The fourth-order valence-corrected chi connectivity index (χ4v) is 4.10. The molecule has 1 aliphatic heterocycles. The molecule has 0 saturated carbocycles. The summed E-state index contributed by atoms with van der Waals surface area (Å²) in [5, 5.41) is 37.1. The van der Waals surface area contributed by atoms with Crippen LogP contribution in [0.1, 0.15) is 33.5 Å².